The molecule has 0 radical (unpaired) electrons. The first-order chi connectivity index (χ1) is 40.7. The van der Waals surface area contributed by atoms with Crippen molar-refractivity contribution in [2.45, 2.75) is 0 Å². The molecule has 24 rings (SSSR count). The van der Waals surface area contributed by atoms with Gasteiger partial charge in [-0.2, -0.15) is 0 Å². The van der Waals surface area contributed by atoms with Crippen LogP contribution in [0.3, 0.4) is 0 Å². The average Bonchev–Trinajstić information content (AvgIpc) is 1.52. The number of benzene rings is 8. The van der Waals surface area contributed by atoms with Crippen LogP contribution in [0.5, 0.6) is 0 Å². The molecule has 82 heavy (non-hydrogen) atoms. The zero-order valence-corrected chi connectivity index (χ0v) is 44.1. The SMILES string of the molecule is c1ccc2c(c1)C1=Nc3c4ccccc4c4[n]3[Cu]35[n]6c(c7ccccc7c6=NC6=[N+]3C(=N4)c3ccccc36)=NC2=[N+]15.c1ccc2c(c1)C1=Nc3c4ccccc4c4[n]3[Cu]35[n]6c(c7ccccc7c6=NC6=[N+]3C(=N4)c3ccccc36)=NC2=[N+]15. The summed E-state index contributed by atoms with van der Waals surface area (Å²) in [7, 11) is 0. The quantitative estimate of drug-likeness (QED) is 0.139. The number of hydrogen-bond acceptors (Lipinski definition) is 8. The van der Waals surface area contributed by atoms with E-state index in [0.717, 1.165) is 180 Å². The van der Waals surface area contributed by atoms with Crippen molar-refractivity contribution < 1.29 is 41.8 Å². The van der Waals surface area contributed by atoms with Crippen LogP contribution >= 0.6 is 0 Å². The Morgan fingerprint density at radius 1 is 0.220 bits per heavy atom. The molecular weight excluding hydrogens is 1120 g/mol. The number of aliphatic imine (C=N–C) groups is 4. The molecule has 4 aromatic heterocycles. The van der Waals surface area contributed by atoms with Crippen molar-refractivity contribution in [3.8, 4) is 0 Å². The van der Waals surface area contributed by atoms with Crippen molar-refractivity contribution in [3.05, 3.63) is 261 Å². The molecule has 0 saturated heterocycles. The van der Waals surface area contributed by atoms with E-state index in [0.29, 0.717) is 0 Å². The second kappa shape index (κ2) is 13.1. The molecule has 0 unspecified atom stereocenters. The van der Waals surface area contributed by atoms with Crippen LogP contribution in [0.15, 0.2) is 234 Å². The van der Waals surface area contributed by atoms with Crippen molar-refractivity contribution in [3.63, 3.8) is 0 Å². The Morgan fingerprint density at radius 2 is 0.427 bits per heavy atom. The third-order valence-electron chi connectivity index (χ3n) is 17.1. The standard InChI is InChI=1S/2C32H16N8.2Cu/c2*1-2-10-18-17(9-1)25-33-26(18)38-28-21-13-5-6-14-22(21)30(35-28)40-32-24-16-8-7-15-23(24)31(36-32)39-29-20-12-4-3-11-19(20)27(34-29)37-25;;/h2*1-16H;;/q2*-2;2*+4. The summed E-state index contributed by atoms with van der Waals surface area (Å²) in [6, 6.07) is 68.3. The van der Waals surface area contributed by atoms with E-state index >= 15 is 0 Å². The monoisotopic (exact) mass is 1150 g/mol. The molecule has 12 aliphatic rings. The molecule has 2 spiro atoms. The van der Waals surface area contributed by atoms with Crippen LogP contribution in [0.25, 0.3) is 43.1 Å². The van der Waals surface area contributed by atoms with Crippen LogP contribution in [-0.4, -0.2) is 75.4 Å². The number of aromatic nitrogens is 4. The first-order valence-corrected chi connectivity index (χ1v) is 30.2. The van der Waals surface area contributed by atoms with Crippen molar-refractivity contribution in [1.29, 1.82) is 0 Å². The Labute approximate surface area is 466 Å². The molecule has 0 atom stereocenters. The maximum atomic E-state index is 5.44. The normalized spacial score (nSPS) is 19.2. The van der Waals surface area contributed by atoms with Crippen molar-refractivity contribution in [1.82, 2.24) is 14.3 Å². The molecule has 386 valence electrons. The van der Waals surface area contributed by atoms with E-state index in [4.69, 9.17) is 39.9 Å². The average molecular weight is 1150 g/mol. The zero-order valence-electron chi connectivity index (χ0n) is 42.2. The number of fused-ring (bicyclic) bond motifs is 24. The molecule has 0 N–H and O–H groups in total. The van der Waals surface area contributed by atoms with Gasteiger partial charge in [0.2, 0.25) is 0 Å². The first kappa shape index (κ1) is 40.7. The van der Waals surface area contributed by atoms with E-state index in [9.17, 15) is 0 Å². The van der Waals surface area contributed by atoms with Crippen LogP contribution in [0, 0.1) is 0 Å². The second-order valence-electron chi connectivity index (χ2n) is 21.1. The Kier molecular flexibility index (Phi) is 6.48. The van der Waals surface area contributed by atoms with Gasteiger partial charge < -0.3 is 0 Å². The van der Waals surface area contributed by atoms with Gasteiger partial charge in [-0.1, -0.05) is 0 Å². The van der Waals surface area contributed by atoms with Crippen molar-refractivity contribution >= 4 is 113 Å². The predicted octanol–water partition coefficient (Wildman–Crippen LogP) is 7.60. The Balaban J connectivity index is 0.000000110. The molecular formula is C64H32Cu2N16+4. The van der Waals surface area contributed by atoms with E-state index in [-0.39, 0.29) is 0 Å². The van der Waals surface area contributed by atoms with Gasteiger partial charge in [0.1, 0.15) is 0 Å². The van der Waals surface area contributed by atoms with Gasteiger partial charge >= 0.3 is 470 Å². The van der Waals surface area contributed by atoms with E-state index in [1.165, 1.54) is 0 Å². The summed E-state index contributed by atoms with van der Waals surface area (Å²) in [5, 5.41) is 8.82. The van der Waals surface area contributed by atoms with Gasteiger partial charge in [-0.3, -0.25) is 0 Å². The van der Waals surface area contributed by atoms with E-state index in [1.807, 2.05) is 0 Å². The molecule has 0 saturated carbocycles. The first-order valence-electron chi connectivity index (χ1n) is 26.9. The summed E-state index contributed by atoms with van der Waals surface area (Å²) in [5.41, 5.74) is 12.6. The van der Waals surface area contributed by atoms with Gasteiger partial charge in [0.25, 0.3) is 0 Å². The fourth-order valence-corrected chi connectivity index (χ4v) is 22.9. The number of amidine groups is 8. The summed E-state index contributed by atoms with van der Waals surface area (Å²) in [6.45, 7) is 0. The summed E-state index contributed by atoms with van der Waals surface area (Å²) in [4.78, 5) is 43.5. The van der Waals surface area contributed by atoms with Crippen LogP contribution in [0.4, 0.5) is 23.3 Å². The third kappa shape index (κ3) is 4.00. The van der Waals surface area contributed by atoms with E-state index < -0.39 is 27.4 Å². The van der Waals surface area contributed by atoms with E-state index in [2.05, 4.69) is 223 Å². The van der Waals surface area contributed by atoms with Gasteiger partial charge in [-0.05, 0) is 0 Å². The molecule has 8 aromatic carbocycles. The van der Waals surface area contributed by atoms with Gasteiger partial charge in [-0.25, -0.2) is 0 Å². The van der Waals surface area contributed by atoms with Gasteiger partial charge in [0.15, 0.2) is 0 Å². The summed E-state index contributed by atoms with van der Waals surface area (Å²) in [5.74, 6) is 11.2. The third-order valence-corrected chi connectivity index (χ3v) is 24.8. The number of hydrogen-bond donors (Lipinski definition) is 0. The van der Waals surface area contributed by atoms with Gasteiger partial charge in [0, 0.05) is 0 Å². The molecule has 12 aromatic rings. The fraction of sp³-hybridized carbons (Fsp3) is 0. The second-order valence-corrected chi connectivity index (χ2v) is 26.8. The van der Waals surface area contributed by atoms with Gasteiger partial charge in [-0.15, -0.1) is 0 Å². The molecule has 0 amide bonds. The van der Waals surface area contributed by atoms with Crippen LogP contribution in [0.2, 0.25) is 0 Å². The summed E-state index contributed by atoms with van der Waals surface area (Å²) >= 11 is -4.46. The molecule has 18 heteroatoms. The molecule has 16 nitrogen and oxygen atoms in total. The van der Waals surface area contributed by atoms with Crippen molar-refractivity contribution in [2.75, 3.05) is 0 Å². The summed E-state index contributed by atoms with van der Waals surface area (Å²) in [6.07, 6.45) is 0. The zero-order chi connectivity index (χ0) is 52.4. The van der Waals surface area contributed by atoms with Gasteiger partial charge in [0.05, 0.1) is 0 Å². The molecule has 16 heterocycles. The molecule has 0 bridgehead atoms. The molecule has 12 aliphatic heterocycles. The fourth-order valence-electron chi connectivity index (χ4n) is 13.8. The predicted molar refractivity (Wildman–Crippen MR) is 302 cm³/mol. The van der Waals surface area contributed by atoms with Crippen LogP contribution in [-0.2, 0) is 27.4 Å². The Bertz CT molecular complexity index is 5310. The number of nitrogens with zero attached hydrogens (tertiary/aromatic N) is 16. The van der Waals surface area contributed by atoms with Crippen LogP contribution < -0.4 is 22.0 Å². The Morgan fingerprint density at radius 3 is 0.671 bits per heavy atom. The van der Waals surface area contributed by atoms with Crippen LogP contribution in [0.1, 0.15) is 44.5 Å². The topological polar surface area (TPSA) is 131 Å². The summed E-state index contributed by atoms with van der Waals surface area (Å²) < 4.78 is 19.3. The maximum absolute atomic E-state index is 5.44. The minimum atomic E-state index is -2.23. The molecule has 0 fully saturated rings. The minimum absolute atomic E-state index is 0.932. The van der Waals surface area contributed by atoms with Crippen molar-refractivity contribution in [2.24, 2.45) is 39.9 Å². The molecule has 0 aliphatic carbocycles. The number of rotatable bonds is 0. The van der Waals surface area contributed by atoms with E-state index in [1.54, 1.807) is 0 Å². The Hall–Kier alpha value is -10.5.